The summed E-state index contributed by atoms with van der Waals surface area (Å²) in [5.41, 5.74) is 3.64. The summed E-state index contributed by atoms with van der Waals surface area (Å²) in [6.07, 6.45) is 0.746. The van der Waals surface area contributed by atoms with Crippen LogP contribution in [0.4, 0.5) is 5.69 Å². The highest BCUT2D eigenvalue weighted by Gasteiger charge is 2.36. The molecule has 4 aromatic carbocycles. The van der Waals surface area contributed by atoms with Crippen LogP contribution in [0.25, 0.3) is 0 Å². The van der Waals surface area contributed by atoms with Gasteiger partial charge >= 0.3 is 0 Å². The molecule has 8 heteroatoms. The average Bonchev–Trinajstić information content (AvgIpc) is 3.00. The van der Waals surface area contributed by atoms with E-state index in [9.17, 15) is 18.0 Å². The van der Waals surface area contributed by atoms with E-state index in [1.807, 2.05) is 24.3 Å². The van der Waals surface area contributed by atoms with Crippen LogP contribution in [0.5, 0.6) is 0 Å². The van der Waals surface area contributed by atoms with Gasteiger partial charge in [-0.05, 0) is 65.6 Å². The van der Waals surface area contributed by atoms with Crippen molar-refractivity contribution in [3.8, 4) is 0 Å². The Labute approximate surface area is 226 Å². The minimum atomic E-state index is -4.02. The summed E-state index contributed by atoms with van der Waals surface area (Å²) in [5, 5.41) is 0.507. The van der Waals surface area contributed by atoms with Crippen LogP contribution in [0.2, 0.25) is 5.02 Å². The number of anilines is 1. The Hall–Kier alpha value is -3.94. The minimum absolute atomic E-state index is 0.0154. The first-order chi connectivity index (χ1) is 18.3. The van der Waals surface area contributed by atoms with Gasteiger partial charge in [-0.2, -0.15) is 0 Å². The summed E-state index contributed by atoms with van der Waals surface area (Å²) in [4.78, 5) is 30.6. The van der Waals surface area contributed by atoms with Crippen LogP contribution in [-0.2, 0) is 29.3 Å². The van der Waals surface area contributed by atoms with E-state index in [0.717, 1.165) is 17.5 Å². The number of fused-ring (bicyclic) bond motifs is 3. The lowest BCUT2D eigenvalue weighted by Crippen LogP contribution is -2.36. The number of sulfone groups is 1. The summed E-state index contributed by atoms with van der Waals surface area (Å²) in [6, 6.07) is 25.8. The summed E-state index contributed by atoms with van der Waals surface area (Å²) in [6.45, 7) is 1.12. The van der Waals surface area contributed by atoms with Crippen molar-refractivity contribution in [2.24, 2.45) is 0 Å². The van der Waals surface area contributed by atoms with E-state index in [4.69, 9.17) is 11.6 Å². The maximum Gasteiger partial charge on any atom is 0.259 e. The second-order valence-corrected chi connectivity index (χ2v) is 11.8. The van der Waals surface area contributed by atoms with Gasteiger partial charge in [-0.3, -0.25) is 9.59 Å². The van der Waals surface area contributed by atoms with E-state index < -0.39 is 15.7 Å². The molecule has 2 amide bonds. The van der Waals surface area contributed by atoms with E-state index in [1.54, 1.807) is 35.2 Å². The average molecular weight is 543 g/mol. The van der Waals surface area contributed by atoms with Crippen LogP contribution < -0.4 is 4.90 Å². The Morgan fingerprint density at radius 3 is 2.42 bits per heavy atom. The molecule has 0 aliphatic carbocycles. The third-order valence-corrected chi connectivity index (χ3v) is 9.18. The van der Waals surface area contributed by atoms with Crippen LogP contribution in [0.15, 0.2) is 101 Å². The normalized spacial score (nSPS) is 15.8. The van der Waals surface area contributed by atoms with Crippen molar-refractivity contribution in [1.29, 1.82) is 0 Å². The zero-order valence-electron chi connectivity index (χ0n) is 20.3. The predicted octanol–water partition coefficient (Wildman–Crippen LogP) is 5.53. The van der Waals surface area contributed by atoms with E-state index >= 15 is 0 Å². The van der Waals surface area contributed by atoms with Crippen LogP contribution in [0, 0.1) is 0 Å². The Bertz CT molecular complexity index is 1720. The topological polar surface area (TPSA) is 74.8 Å². The molecule has 2 aliphatic heterocycles. The zero-order valence-corrected chi connectivity index (χ0v) is 21.9. The Morgan fingerprint density at radius 1 is 0.842 bits per heavy atom. The van der Waals surface area contributed by atoms with Crippen molar-refractivity contribution in [1.82, 2.24) is 4.90 Å². The Morgan fingerprint density at radius 2 is 1.61 bits per heavy atom. The number of benzene rings is 4. The number of hydrogen-bond donors (Lipinski definition) is 0. The summed E-state index contributed by atoms with van der Waals surface area (Å²) < 4.78 is 27.5. The third-order valence-electron chi connectivity index (χ3n) is 7.09. The highest BCUT2D eigenvalue weighted by molar-refractivity contribution is 7.91. The maximum absolute atomic E-state index is 13.8. The molecule has 0 atom stereocenters. The predicted molar refractivity (Wildman–Crippen MR) is 145 cm³/mol. The van der Waals surface area contributed by atoms with Gasteiger partial charge in [-0.25, -0.2) is 8.42 Å². The van der Waals surface area contributed by atoms with Gasteiger partial charge in [-0.1, -0.05) is 60.1 Å². The van der Waals surface area contributed by atoms with Crippen LogP contribution in [0.3, 0.4) is 0 Å². The molecule has 0 aromatic heterocycles. The SMILES string of the molecule is O=C(c1ccc2c(c1)N(Cc1cccc(Cl)c1)C(=O)c1ccccc1S2(=O)=O)N1CCc2ccccc2C1. The first-order valence-electron chi connectivity index (χ1n) is 12.2. The molecular weight excluding hydrogens is 520 g/mol. The molecule has 0 bridgehead atoms. The maximum atomic E-state index is 13.8. The van der Waals surface area contributed by atoms with Crippen LogP contribution >= 0.6 is 11.6 Å². The second kappa shape index (κ2) is 9.42. The molecule has 0 N–H and O–H groups in total. The Kier molecular flexibility index (Phi) is 6.05. The fraction of sp³-hybridized carbons (Fsp3) is 0.133. The van der Waals surface area contributed by atoms with Gasteiger partial charge in [0.05, 0.1) is 27.6 Å². The first kappa shape index (κ1) is 24.4. The summed E-state index contributed by atoms with van der Waals surface area (Å²) in [5.74, 6) is -0.670. The van der Waals surface area contributed by atoms with E-state index in [-0.39, 0.29) is 33.5 Å². The summed E-state index contributed by atoms with van der Waals surface area (Å²) >= 11 is 6.20. The molecule has 6 nitrogen and oxygen atoms in total. The smallest absolute Gasteiger partial charge is 0.259 e. The number of halogens is 1. The standard InChI is InChI=1S/C30H23ClN2O4S/c31-24-9-5-6-20(16-24)18-33-26-17-22(29(34)32-15-14-21-7-1-2-8-23(21)19-32)12-13-28(26)38(36,37)27-11-4-3-10-25(27)30(33)35/h1-13,16-17H,14-15,18-19H2. The quantitative estimate of drug-likeness (QED) is 0.341. The third kappa shape index (κ3) is 4.18. The Balaban J connectivity index is 1.46. The molecule has 190 valence electrons. The molecule has 0 unspecified atom stereocenters. The van der Waals surface area contributed by atoms with Crippen molar-refractivity contribution >= 4 is 38.9 Å². The second-order valence-electron chi connectivity index (χ2n) is 9.45. The van der Waals surface area contributed by atoms with Crippen molar-refractivity contribution < 1.29 is 18.0 Å². The lowest BCUT2D eigenvalue weighted by atomic mass is 9.99. The van der Waals surface area contributed by atoms with Gasteiger partial charge in [0.1, 0.15) is 0 Å². The number of carbonyl (C=O) groups is 2. The molecule has 2 aliphatic rings. The van der Waals surface area contributed by atoms with E-state index in [1.165, 1.54) is 40.8 Å². The molecule has 0 saturated heterocycles. The fourth-order valence-electron chi connectivity index (χ4n) is 5.17. The van der Waals surface area contributed by atoms with Gasteiger partial charge in [0.2, 0.25) is 9.84 Å². The van der Waals surface area contributed by atoms with Crippen LogP contribution in [-0.4, -0.2) is 31.7 Å². The monoisotopic (exact) mass is 542 g/mol. The first-order valence-corrected chi connectivity index (χ1v) is 14.1. The van der Waals surface area contributed by atoms with Gasteiger partial charge < -0.3 is 9.80 Å². The van der Waals surface area contributed by atoms with Crippen molar-refractivity contribution in [3.63, 3.8) is 0 Å². The lowest BCUT2D eigenvalue weighted by Gasteiger charge is -2.29. The molecule has 0 fully saturated rings. The van der Waals surface area contributed by atoms with Crippen LogP contribution in [0.1, 0.15) is 37.4 Å². The molecule has 0 radical (unpaired) electrons. The molecule has 4 aromatic rings. The highest BCUT2D eigenvalue weighted by atomic mass is 35.5. The number of rotatable bonds is 3. The van der Waals surface area contributed by atoms with Gasteiger partial charge in [0.15, 0.2) is 0 Å². The molecule has 0 saturated carbocycles. The highest BCUT2D eigenvalue weighted by Crippen LogP contribution is 2.38. The number of carbonyl (C=O) groups excluding carboxylic acids is 2. The number of nitrogens with zero attached hydrogens (tertiary/aromatic N) is 2. The number of amides is 2. The molecule has 2 heterocycles. The number of hydrogen-bond acceptors (Lipinski definition) is 4. The lowest BCUT2D eigenvalue weighted by molar-refractivity contribution is 0.0734. The molecule has 6 rings (SSSR count). The van der Waals surface area contributed by atoms with Crippen molar-refractivity contribution in [2.45, 2.75) is 29.3 Å². The summed E-state index contributed by atoms with van der Waals surface area (Å²) in [7, 11) is -4.02. The fourth-order valence-corrected chi connectivity index (χ4v) is 7.01. The molecule has 38 heavy (non-hydrogen) atoms. The largest absolute Gasteiger partial charge is 0.334 e. The van der Waals surface area contributed by atoms with Crippen molar-refractivity contribution in [2.75, 3.05) is 11.4 Å². The zero-order chi connectivity index (χ0) is 26.4. The van der Waals surface area contributed by atoms with Crippen molar-refractivity contribution in [3.05, 3.63) is 124 Å². The van der Waals surface area contributed by atoms with E-state index in [2.05, 4.69) is 6.07 Å². The van der Waals surface area contributed by atoms with Gasteiger partial charge in [0, 0.05) is 23.7 Å². The minimum Gasteiger partial charge on any atom is -0.334 e. The van der Waals surface area contributed by atoms with Gasteiger partial charge in [-0.15, -0.1) is 0 Å². The molecular formula is C30H23ClN2O4S. The van der Waals surface area contributed by atoms with Gasteiger partial charge in [0.25, 0.3) is 11.8 Å². The molecule has 0 spiro atoms. The van der Waals surface area contributed by atoms with E-state index in [0.29, 0.717) is 23.7 Å².